The lowest BCUT2D eigenvalue weighted by atomic mass is 10.2. The summed E-state index contributed by atoms with van der Waals surface area (Å²) in [7, 11) is 1.80. The van der Waals surface area contributed by atoms with Crippen molar-refractivity contribution in [2.45, 2.75) is 32.7 Å². The first-order chi connectivity index (χ1) is 9.02. The Morgan fingerprint density at radius 2 is 1.84 bits per heavy atom. The predicted octanol–water partition coefficient (Wildman–Crippen LogP) is 2.06. The van der Waals surface area contributed by atoms with Crippen molar-refractivity contribution < 1.29 is 9.59 Å². The van der Waals surface area contributed by atoms with Crippen LogP contribution in [0.1, 0.15) is 37.0 Å². The molecule has 0 saturated carbocycles. The van der Waals surface area contributed by atoms with Crippen molar-refractivity contribution >= 4 is 11.8 Å². The highest BCUT2D eigenvalue weighted by atomic mass is 16.2. The van der Waals surface area contributed by atoms with Crippen molar-refractivity contribution in [3.8, 4) is 0 Å². The number of nitrogens with one attached hydrogen (secondary N) is 1. The summed E-state index contributed by atoms with van der Waals surface area (Å²) >= 11 is 0. The van der Waals surface area contributed by atoms with E-state index >= 15 is 0 Å². The van der Waals surface area contributed by atoms with Crippen LogP contribution in [0, 0.1) is 0 Å². The van der Waals surface area contributed by atoms with E-state index < -0.39 is 0 Å². The Labute approximate surface area is 114 Å². The lowest BCUT2D eigenvalue weighted by Gasteiger charge is -2.21. The molecule has 0 aliphatic carbocycles. The van der Waals surface area contributed by atoms with Crippen LogP contribution in [0.5, 0.6) is 0 Å². The van der Waals surface area contributed by atoms with Crippen molar-refractivity contribution in [2.24, 2.45) is 0 Å². The summed E-state index contributed by atoms with van der Waals surface area (Å²) in [6.45, 7) is 4.48. The van der Waals surface area contributed by atoms with Crippen LogP contribution < -0.4 is 5.32 Å². The molecule has 0 unspecified atom stereocenters. The Hall–Kier alpha value is -1.84. The third-order valence-electron chi connectivity index (χ3n) is 3.06. The second-order valence-corrected chi connectivity index (χ2v) is 4.82. The molecule has 1 aromatic carbocycles. The fraction of sp³-hybridized carbons (Fsp3) is 0.467. The summed E-state index contributed by atoms with van der Waals surface area (Å²) in [5.74, 6) is 0.0224. The summed E-state index contributed by atoms with van der Waals surface area (Å²) in [6, 6.07) is 9.29. The molecule has 4 nitrogen and oxygen atoms in total. The molecule has 0 aliphatic heterocycles. The Kier molecular flexibility index (Phi) is 6.06. The first-order valence-electron chi connectivity index (χ1n) is 6.61. The van der Waals surface area contributed by atoms with Crippen molar-refractivity contribution in [1.82, 2.24) is 10.2 Å². The van der Waals surface area contributed by atoms with Gasteiger partial charge in [0, 0.05) is 31.6 Å². The fourth-order valence-electron chi connectivity index (χ4n) is 1.60. The van der Waals surface area contributed by atoms with Gasteiger partial charge < -0.3 is 10.2 Å². The quantitative estimate of drug-likeness (QED) is 0.798. The molecule has 1 aromatic rings. The van der Waals surface area contributed by atoms with Crippen molar-refractivity contribution in [3.63, 3.8) is 0 Å². The van der Waals surface area contributed by atoms with E-state index in [1.807, 2.05) is 32.0 Å². The van der Waals surface area contributed by atoms with Gasteiger partial charge in [0.15, 0.2) is 0 Å². The number of rotatable bonds is 6. The van der Waals surface area contributed by atoms with E-state index in [1.165, 1.54) is 0 Å². The highest BCUT2D eigenvalue weighted by molar-refractivity contribution is 5.94. The second-order valence-electron chi connectivity index (χ2n) is 4.82. The van der Waals surface area contributed by atoms with E-state index in [0.29, 0.717) is 24.9 Å². The molecule has 0 fully saturated rings. The van der Waals surface area contributed by atoms with Gasteiger partial charge in [0.05, 0.1) is 0 Å². The largest absolute Gasteiger partial charge is 0.352 e. The molecule has 2 amide bonds. The monoisotopic (exact) mass is 262 g/mol. The average molecular weight is 262 g/mol. The van der Waals surface area contributed by atoms with Crippen LogP contribution in [-0.2, 0) is 4.79 Å². The molecule has 0 heterocycles. The molecule has 104 valence electrons. The molecular formula is C15H22N2O2. The smallest absolute Gasteiger partial charge is 0.251 e. The van der Waals surface area contributed by atoms with Gasteiger partial charge in [-0.15, -0.1) is 0 Å². The molecule has 0 aromatic heterocycles. The lowest BCUT2D eigenvalue weighted by Crippen LogP contribution is -2.33. The molecule has 4 heteroatoms. The fourth-order valence-corrected chi connectivity index (χ4v) is 1.60. The number of hydrogen-bond donors (Lipinski definition) is 1. The van der Waals surface area contributed by atoms with Crippen LogP contribution in [-0.4, -0.2) is 36.3 Å². The van der Waals surface area contributed by atoms with Crippen LogP contribution in [0.25, 0.3) is 0 Å². The first-order valence-corrected chi connectivity index (χ1v) is 6.61. The Morgan fingerprint density at radius 3 is 2.42 bits per heavy atom. The zero-order valence-corrected chi connectivity index (χ0v) is 11.8. The second kappa shape index (κ2) is 7.56. The maximum atomic E-state index is 11.7. The van der Waals surface area contributed by atoms with E-state index in [0.717, 1.165) is 0 Å². The number of nitrogens with zero attached hydrogens (tertiary/aromatic N) is 1. The normalized spacial score (nSPS) is 10.3. The highest BCUT2D eigenvalue weighted by Crippen LogP contribution is 2.01. The molecule has 1 N–H and O–H groups in total. The van der Waals surface area contributed by atoms with E-state index in [9.17, 15) is 9.59 Å². The molecule has 0 aliphatic rings. The molecule has 0 radical (unpaired) electrons. The molecule has 0 bridgehead atoms. The van der Waals surface area contributed by atoms with E-state index in [2.05, 4.69) is 5.32 Å². The Morgan fingerprint density at radius 1 is 1.21 bits per heavy atom. The lowest BCUT2D eigenvalue weighted by molar-refractivity contribution is -0.131. The zero-order valence-electron chi connectivity index (χ0n) is 11.8. The average Bonchev–Trinajstić information content (AvgIpc) is 2.43. The third-order valence-corrected chi connectivity index (χ3v) is 3.06. The topological polar surface area (TPSA) is 49.4 Å². The predicted molar refractivity (Wildman–Crippen MR) is 75.9 cm³/mol. The number of carbonyl (C=O) groups excluding carboxylic acids is 2. The van der Waals surface area contributed by atoms with Crippen molar-refractivity contribution in [1.29, 1.82) is 0 Å². The number of benzene rings is 1. The van der Waals surface area contributed by atoms with Crippen LogP contribution in [0.4, 0.5) is 0 Å². The van der Waals surface area contributed by atoms with Crippen molar-refractivity contribution in [3.05, 3.63) is 35.9 Å². The number of amides is 2. The Bertz CT molecular complexity index is 415. The van der Waals surface area contributed by atoms with E-state index in [4.69, 9.17) is 0 Å². The molecule has 0 saturated heterocycles. The summed E-state index contributed by atoms with van der Waals surface area (Å²) in [5, 5.41) is 2.81. The zero-order chi connectivity index (χ0) is 14.3. The highest BCUT2D eigenvalue weighted by Gasteiger charge is 2.11. The summed E-state index contributed by atoms with van der Waals surface area (Å²) < 4.78 is 0. The van der Waals surface area contributed by atoms with E-state index in [-0.39, 0.29) is 17.9 Å². The molecular weight excluding hydrogens is 240 g/mol. The van der Waals surface area contributed by atoms with Gasteiger partial charge in [-0.3, -0.25) is 9.59 Å². The molecule has 19 heavy (non-hydrogen) atoms. The van der Waals surface area contributed by atoms with Crippen LogP contribution in [0.2, 0.25) is 0 Å². The maximum Gasteiger partial charge on any atom is 0.251 e. The summed E-state index contributed by atoms with van der Waals surface area (Å²) in [4.78, 5) is 25.2. The van der Waals surface area contributed by atoms with Gasteiger partial charge in [-0.05, 0) is 32.4 Å². The van der Waals surface area contributed by atoms with Gasteiger partial charge in [0.25, 0.3) is 5.91 Å². The van der Waals surface area contributed by atoms with Crippen LogP contribution >= 0.6 is 0 Å². The minimum Gasteiger partial charge on any atom is -0.352 e. The number of carbonyl (C=O) groups is 2. The first kappa shape index (κ1) is 15.2. The minimum atomic E-state index is -0.0923. The van der Waals surface area contributed by atoms with Crippen LogP contribution in [0.15, 0.2) is 30.3 Å². The Balaban J connectivity index is 2.25. The van der Waals surface area contributed by atoms with Crippen LogP contribution in [0.3, 0.4) is 0 Å². The van der Waals surface area contributed by atoms with Gasteiger partial charge >= 0.3 is 0 Å². The molecule has 0 atom stereocenters. The number of hydrogen-bond acceptors (Lipinski definition) is 2. The van der Waals surface area contributed by atoms with E-state index in [1.54, 1.807) is 24.1 Å². The van der Waals surface area contributed by atoms with Gasteiger partial charge in [0.1, 0.15) is 0 Å². The molecule has 0 spiro atoms. The van der Waals surface area contributed by atoms with Gasteiger partial charge in [-0.2, -0.15) is 0 Å². The van der Waals surface area contributed by atoms with Gasteiger partial charge in [0.2, 0.25) is 5.91 Å². The van der Waals surface area contributed by atoms with Gasteiger partial charge in [-0.25, -0.2) is 0 Å². The SMILES string of the molecule is CC(C)N(C)C(=O)CCCNC(=O)c1ccccc1. The van der Waals surface area contributed by atoms with Crippen molar-refractivity contribution in [2.75, 3.05) is 13.6 Å². The standard InChI is InChI=1S/C15H22N2O2/c1-12(2)17(3)14(18)10-7-11-16-15(19)13-8-5-4-6-9-13/h4-6,8-9,12H,7,10-11H2,1-3H3,(H,16,19). The summed E-state index contributed by atoms with van der Waals surface area (Å²) in [6.07, 6.45) is 1.12. The summed E-state index contributed by atoms with van der Waals surface area (Å²) in [5.41, 5.74) is 0.646. The minimum absolute atomic E-state index is 0.0923. The maximum absolute atomic E-state index is 11.7. The van der Waals surface area contributed by atoms with Gasteiger partial charge in [-0.1, -0.05) is 18.2 Å². The third kappa shape index (κ3) is 5.12. The molecule has 1 rings (SSSR count).